The summed E-state index contributed by atoms with van der Waals surface area (Å²) in [7, 11) is 0. The Hall–Kier alpha value is -1.00. The summed E-state index contributed by atoms with van der Waals surface area (Å²) in [6.07, 6.45) is 1.38. The summed E-state index contributed by atoms with van der Waals surface area (Å²) < 4.78 is 26.8. The Morgan fingerprint density at radius 3 is 2.44 bits per heavy atom. The van der Waals surface area contributed by atoms with Crippen LogP contribution in [0.4, 0.5) is 8.78 Å². The van der Waals surface area contributed by atoms with Gasteiger partial charge >= 0.3 is 0 Å². The summed E-state index contributed by atoms with van der Waals surface area (Å²) in [4.78, 5) is 0. The van der Waals surface area contributed by atoms with Gasteiger partial charge in [-0.1, -0.05) is 13.0 Å². The third-order valence-corrected chi connectivity index (χ3v) is 3.39. The zero-order valence-electron chi connectivity index (χ0n) is 9.21. The second-order valence-electron chi connectivity index (χ2n) is 4.55. The molecule has 0 aliphatic heterocycles. The van der Waals surface area contributed by atoms with Gasteiger partial charge in [0.2, 0.25) is 0 Å². The van der Waals surface area contributed by atoms with E-state index < -0.39 is 11.6 Å². The van der Waals surface area contributed by atoms with E-state index in [9.17, 15) is 8.78 Å². The molecule has 3 atom stereocenters. The molecule has 1 aliphatic carbocycles. The van der Waals surface area contributed by atoms with Crippen molar-refractivity contribution in [2.75, 3.05) is 0 Å². The molecule has 0 aromatic heterocycles. The lowest BCUT2D eigenvalue weighted by Gasteiger charge is -2.16. The quantitative estimate of drug-likeness (QED) is 0.608. The molecular weight excluding hydrogens is 210 g/mol. The molecule has 1 aromatic carbocycles. The van der Waals surface area contributed by atoms with Crippen LogP contribution in [0.2, 0.25) is 0 Å². The Kier molecular flexibility index (Phi) is 3.21. The van der Waals surface area contributed by atoms with Gasteiger partial charge in [0, 0.05) is 11.6 Å². The van der Waals surface area contributed by atoms with Gasteiger partial charge in [-0.3, -0.25) is 11.3 Å². The van der Waals surface area contributed by atoms with Crippen molar-refractivity contribution in [1.29, 1.82) is 0 Å². The van der Waals surface area contributed by atoms with Gasteiger partial charge in [-0.25, -0.2) is 8.78 Å². The van der Waals surface area contributed by atoms with Crippen molar-refractivity contribution in [2.45, 2.75) is 25.8 Å². The fraction of sp³-hybridized carbons (Fsp3) is 0.500. The van der Waals surface area contributed by atoms with Gasteiger partial charge < -0.3 is 0 Å². The Balaban J connectivity index is 2.13. The second kappa shape index (κ2) is 4.47. The first kappa shape index (κ1) is 11.5. The fourth-order valence-electron chi connectivity index (χ4n) is 2.19. The van der Waals surface area contributed by atoms with Gasteiger partial charge in [0.1, 0.15) is 11.6 Å². The van der Waals surface area contributed by atoms with Crippen LogP contribution >= 0.6 is 0 Å². The topological polar surface area (TPSA) is 38.0 Å². The molecule has 1 fully saturated rings. The summed E-state index contributed by atoms with van der Waals surface area (Å²) in [5.41, 5.74) is 2.79. The van der Waals surface area contributed by atoms with E-state index in [2.05, 4.69) is 12.3 Å². The van der Waals surface area contributed by atoms with Crippen molar-refractivity contribution < 1.29 is 8.78 Å². The maximum absolute atomic E-state index is 13.4. The van der Waals surface area contributed by atoms with Gasteiger partial charge in [0.15, 0.2) is 0 Å². The molecule has 3 N–H and O–H groups in total. The summed E-state index contributed by atoms with van der Waals surface area (Å²) >= 11 is 0. The summed E-state index contributed by atoms with van der Waals surface area (Å²) in [5.74, 6) is 5.47. The number of halogens is 2. The molecule has 1 aliphatic rings. The highest BCUT2D eigenvalue weighted by Crippen LogP contribution is 2.41. The lowest BCUT2D eigenvalue weighted by molar-refractivity contribution is 0.435. The zero-order chi connectivity index (χ0) is 11.7. The van der Waals surface area contributed by atoms with Crippen LogP contribution in [0.15, 0.2) is 18.2 Å². The van der Waals surface area contributed by atoms with Crippen molar-refractivity contribution in [2.24, 2.45) is 17.7 Å². The normalized spacial score (nSPS) is 25.5. The molecule has 4 heteroatoms. The van der Waals surface area contributed by atoms with Crippen LogP contribution in [0.3, 0.4) is 0 Å². The van der Waals surface area contributed by atoms with E-state index in [0.717, 1.165) is 6.42 Å². The molecule has 0 amide bonds. The maximum atomic E-state index is 13.4. The smallest absolute Gasteiger partial charge is 0.129 e. The highest BCUT2D eigenvalue weighted by atomic mass is 19.1. The monoisotopic (exact) mass is 226 g/mol. The van der Waals surface area contributed by atoms with E-state index in [0.29, 0.717) is 18.3 Å². The SMILES string of the molecule is CC1CC1C(Cc1c(F)cccc1F)NN. The Morgan fingerprint density at radius 1 is 1.44 bits per heavy atom. The Labute approximate surface area is 93.8 Å². The van der Waals surface area contributed by atoms with E-state index in [1.165, 1.54) is 18.2 Å². The molecule has 3 unspecified atom stereocenters. The molecule has 2 rings (SSSR count). The number of hydrazine groups is 1. The molecule has 1 saturated carbocycles. The van der Waals surface area contributed by atoms with E-state index >= 15 is 0 Å². The van der Waals surface area contributed by atoms with Crippen LogP contribution in [0.1, 0.15) is 18.9 Å². The van der Waals surface area contributed by atoms with Crippen LogP contribution in [0.25, 0.3) is 0 Å². The first-order chi connectivity index (χ1) is 7.63. The number of rotatable bonds is 4. The summed E-state index contributed by atoms with van der Waals surface area (Å²) in [6.45, 7) is 2.12. The molecule has 0 saturated heterocycles. The molecule has 2 nitrogen and oxygen atoms in total. The van der Waals surface area contributed by atoms with E-state index in [4.69, 9.17) is 5.84 Å². The predicted octanol–water partition coefficient (Wildman–Crippen LogP) is 2.00. The van der Waals surface area contributed by atoms with Crippen molar-refractivity contribution in [1.82, 2.24) is 5.43 Å². The standard InChI is InChI=1S/C12H16F2N2/c1-7-5-8(7)12(16-15)6-9-10(13)3-2-4-11(9)14/h2-4,7-8,12,16H,5-6,15H2,1H3. The lowest BCUT2D eigenvalue weighted by atomic mass is 10.0. The fourth-order valence-corrected chi connectivity index (χ4v) is 2.19. The Bertz CT molecular complexity index is 361. The second-order valence-corrected chi connectivity index (χ2v) is 4.55. The highest BCUT2D eigenvalue weighted by molar-refractivity contribution is 5.21. The minimum Gasteiger partial charge on any atom is -0.271 e. The Morgan fingerprint density at radius 2 is 2.00 bits per heavy atom. The van der Waals surface area contributed by atoms with Crippen LogP contribution in [-0.4, -0.2) is 6.04 Å². The molecule has 0 heterocycles. The van der Waals surface area contributed by atoms with Gasteiger partial charge in [-0.05, 0) is 36.8 Å². The lowest BCUT2D eigenvalue weighted by Crippen LogP contribution is -2.39. The number of nitrogens with two attached hydrogens (primary N) is 1. The van der Waals surface area contributed by atoms with Gasteiger partial charge in [0.25, 0.3) is 0 Å². The maximum Gasteiger partial charge on any atom is 0.129 e. The van der Waals surface area contributed by atoms with E-state index in [1.807, 2.05) is 0 Å². The average Bonchev–Trinajstić information content (AvgIpc) is 2.95. The van der Waals surface area contributed by atoms with Crippen molar-refractivity contribution in [3.05, 3.63) is 35.4 Å². The molecule has 0 bridgehead atoms. The van der Waals surface area contributed by atoms with Crippen LogP contribution in [0, 0.1) is 23.5 Å². The third kappa shape index (κ3) is 2.23. The molecule has 0 spiro atoms. The highest BCUT2D eigenvalue weighted by Gasteiger charge is 2.39. The van der Waals surface area contributed by atoms with E-state index in [-0.39, 0.29) is 11.6 Å². The summed E-state index contributed by atoms with van der Waals surface area (Å²) in [6, 6.07) is 3.89. The number of hydrogen-bond acceptors (Lipinski definition) is 2. The number of nitrogens with one attached hydrogen (secondary N) is 1. The largest absolute Gasteiger partial charge is 0.271 e. The number of hydrogen-bond donors (Lipinski definition) is 2. The molecule has 88 valence electrons. The number of benzene rings is 1. The van der Waals surface area contributed by atoms with E-state index in [1.54, 1.807) is 0 Å². The molecule has 0 radical (unpaired) electrons. The zero-order valence-corrected chi connectivity index (χ0v) is 9.21. The van der Waals surface area contributed by atoms with Crippen molar-refractivity contribution in [3.8, 4) is 0 Å². The van der Waals surface area contributed by atoms with Crippen LogP contribution < -0.4 is 11.3 Å². The first-order valence-corrected chi connectivity index (χ1v) is 5.52. The average molecular weight is 226 g/mol. The minimum absolute atomic E-state index is 0.0404. The van der Waals surface area contributed by atoms with Crippen LogP contribution in [0.5, 0.6) is 0 Å². The van der Waals surface area contributed by atoms with Crippen LogP contribution in [-0.2, 0) is 6.42 Å². The molecule has 16 heavy (non-hydrogen) atoms. The first-order valence-electron chi connectivity index (χ1n) is 5.52. The predicted molar refractivity (Wildman–Crippen MR) is 58.4 cm³/mol. The third-order valence-electron chi connectivity index (χ3n) is 3.39. The van der Waals surface area contributed by atoms with Gasteiger partial charge in [-0.15, -0.1) is 0 Å². The van der Waals surface area contributed by atoms with Gasteiger partial charge in [0.05, 0.1) is 0 Å². The van der Waals surface area contributed by atoms with Gasteiger partial charge in [-0.2, -0.15) is 0 Å². The molecule has 1 aromatic rings. The van der Waals surface area contributed by atoms with Crippen molar-refractivity contribution >= 4 is 0 Å². The van der Waals surface area contributed by atoms with Crippen molar-refractivity contribution in [3.63, 3.8) is 0 Å². The molecular formula is C12H16F2N2. The minimum atomic E-state index is -0.492. The summed E-state index contributed by atoms with van der Waals surface area (Å²) in [5, 5.41) is 0.